The van der Waals surface area contributed by atoms with E-state index in [0.29, 0.717) is 0 Å². The van der Waals surface area contributed by atoms with Gasteiger partial charge in [-0.3, -0.25) is 0 Å². The maximum atomic E-state index is 9.21. The van der Waals surface area contributed by atoms with E-state index in [1.165, 1.54) is 0 Å². The number of aliphatic hydroxyl groups excluding tert-OH is 1. The number of rotatable bonds is 2. The second-order valence-corrected chi connectivity index (χ2v) is 5.20. The van der Waals surface area contributed by atoms with Gasteiger partial charge in [0, 0.05) is 9.75 Å². The quantitative estimate of drug-likeness (QED) is 0.844. The third-order valence-corrected chi connectivity index (χ3v) is 3.67. The van der Waals surface area contributed by atoms with E-state index in [4.69, 9.17) is 9.47 Å². The molecule has 0 aromatic carbocycles. The van der Waals surface area contributed by atoms with Gasteiger partial charge in [0.25, 0.3) is 0 Å². The number of ether oxygens (including phenoxy) is 2. The molecule has 1 aliphatic rings. The Morgan fingerprint density at radius 1 is 1.13 bits per heavy atom. The van der Waals surface area contributed by atoms with Crippen molar-refractivity contribution in [1.82, 2.24) is 0 Å². The van der Waals surface area contributed by atoms with E-state index >= 15 is 0 Å². The molecule has 0 saturated carbocycles. The van der Waals surface area contributed by atoms with Crippen LogP contribution in [-0.2, 0) is 0 Å². The molecule has 0 radical (unpaired) electrons. The Kier molecular flexibility index (Phi) is 2.89. The molecule has 1 aliphatic heterocycles. The minimum atomic E-state index is -0.227. The summed E-state index contributed by atoms with van der Waals surface area (Å²) in [7, 11) is 0. The molecule has 0 bridgehead atoms. The Labute approximate surface area is 93.6 Å². The summed E-state index contributed by atoms with van der Waals surface area (Å²) in [6.45, 7) is 6.09. The molecule has 1 aromatic rings. The zero-order valence-corrected chi connectivity index (χ0v) is 10.1. The van der Waals surface area contributed by atoms with E-state index in [1.54, 1.807) is 11.3 Å². The van der Waals surface area contributed by atoms with Gasteiger partial charge in [0.05, 0.1) is 6.61 Å². The van der Waals surface area contributed by atoms with Crippen LogP contribution in [0.15, 0.2) is 0 Å². The fourth-order valence-corrected chi connectivity index (χ4v) is 2.80. The first-order valence-corrected chi connectivity index (χ1v) is 6.03. The average Bonchev–Trinajstić information content (AvgIpc) is 2.52. The number of hydrogen-bond acceptors (Lipinski definition) is 4. The first-order chi connectivity index (χ1) is 7.17. The molecule has 84 valence electrons. The molecule has 3 nitrogen and oxygen atoms in total. The van der Waals surface area contributed by atoms with Crippen molar-refractivity contribution in [2.45, 2.75) is 39.4 Å². The summed E-state index contributed by atoms with van der Waals surface area (Å²) < 4.78 is 11.6. The summed E-state index contributed by atoms with van der Waals surface area (Å²) in [6.07, 6.45) is 0.587. The van der Waals surface area contributed by atoms with E-state index < -0.39 is 0 Å². The van der Waals surface area contributed by atoms with Crippen molar-refractivity contribution in [3.63, 3.8) is 0 Å². The van der Waals surface area contributed by atoms with Crippen molar-refractivity contribution in [1.29, 1.82) is 0 Å². The maximum Gasteiger partial charge on any atom is 0.175 e. The standard InChI is InChI=1S/C11H16O3S/c1-4-8-9(5-12)14-11-7(3)15-6(2)10(11)13-8/h8-9,12H,4-5H2,1-3H3. The Morgan fingerprint density at radius 2 is 1.67 bits per heavy atom. The van der Waals surface area contributed by atoms with Gasteiger partial charge in [0.1, 0.15) is 6.10 Å². The molecule has 0 saturated heterocycles. The van der Waals surface area contributed by atoms with Gasteiger partial charge < -0.3 is 14.6 Å². The lowest BCUT2D eigenvalue weighted by Crippen LogP contribution is -2.41. The molecular formula is C11H16O3S. The molecule has 0 aliphatic carbocycles. The van der Waals surface area contributed by atoms with Crippen molar-refractivity contribution >= 4 is 11.3 Å². The SMILES string of the molecule is CCC1Oc2c(C)sc(C)c2OC1CO. The van der Waals surface area contributed by atoms with E-state index in [2.05, 4.69) is 0 Å². The van der Waals surface area contributed by atoms with Gasteiger partial charge in [-0.1, -0.05) is 6.92 Å². The summed E-state index contributed by atoms with van der Waals surface area (Å²) in [5.74, 6) is 1.69. The van der Waals surface area contributed by atoms with Crippen LogP contribution in [0.4, 0.5) is 0 Å². The first kappa shape index (κ1) is 10.8. The lowest BCUT2D eigenvalue weighted by atomic mass is 10.1. The molecule has 4 heteroatoms. The Morgan fingerprint density at radius 3 is 2.13 bits per heavy atom. The van der Waals surface area contributed by atoms with Gasteiger partial charge in [-0.05, 0) is 20.3 Å². The number of aliphatic hydroxyl groups is 1. The van der Waals surface area contributed by atoms with Crippen LogP contribution in [0.1, 0.15) is 23.1 Å². The van der Waals surface area contributed by atoms with Crippen molar-refractivity contribution in [2.24, 2.45) is 0 Å². The zero-order chi connectivity index (χ0) is 11.0. The molecule has 1 aromatic heterocycles. The summed E-state index contributed by atoms with van der Waals surface area (Å²) >= 11 is 1.68. The summed E-state index contributed by atoms with van der Waals surface area (Å²) in [4.78, 5) is 2.27. The summed E-state index contributed by atoms with van der Waals surface area (Å²) in [5, 5.41) is 9.21. The normalized spacial score (nSPS) is 24.3. The third kappa shape index (κ3) is 1.72. The Bertz CT molecular complexity index is 326. The molecule has 0 amide bonds. The zero-order valence-electron chi connectivity index (χ0n) is 9.24. The number of aryl methyl sites for hydroxylation is 2. The average molecular weight is 228 g/mol. The predicted molar refractivity (Wildman–Crippen MR) is 60.0 cm³/mol. The smallest absolute Gasteiger partial charge is 0.175 e. The second-order valence-electron chi connectivity index (χ2n) is 3.78. The Hall–Kier alpha value is -0.740. The van der Waals surface area contributed by atoms with Gasteiger partial charge in [0.15, 0.2) is 17.6 Å². The van der Waals surface area contributed by atoms with Crippen LogP contribution in [0.25, 0.3) is 0 Å². The van der Waals surface area contributed by atoms with Crippen LogP contribution in [0.3, 0.4) is 0 Å². The van der Waals surface area contributed by atoms with E-state index in [-0.39, 0.29) is 18.8 Å². The molecule has 2 heterocycles. The highest BCUT2D eigenvalue weighted by atomic mass is 32.1. The number of hydrogen-bond donors (Lipinski definition) is 1. The fraction of sp³-hybridized carbons (Fsp3) is 0.636. The number of fused-ring (bicyclic) bond motifs is 1. The van der Waals surface area contributed by atoms with Crippen LogP contribution in [-0.4, -0.2) is 23.9 Å². The monoisotopic (exact) mass is 228 g/mol. The minimum Gasteiger partial charge on any atom is -0.481 e. The maximum absolute atomic E-state index is 9.21. The van der Waals surface area contributed by atoms with Crippen LogP contribution >= 0.6 is 11.3 Å². The topological polar surface area (TPSA) is 38.7 Å². The van der Waals surface area contributed by atoms with Crippen molar-refractivity contribution in [2.75, 3.05) is 6.61 Å². The lowest BCUT2D eigenvalue weighted by Gasteiger charge is -2.31. The van der Waals surface area contributed by atoms with Crippen molar-refractivity contribution in [3.05, 3.63) is 9.75 Å². The van der Waals surface area contributed by atoms with E-state index in [9.17, 15) is 5.11 Å². The van der Waals surface area contributed by atoms with Crippen molar-refractivity contribution in [3.8, 4) is 11.5 Å². The predicted octanol–water partition coefficient (Wildman–Crippen LogP) is 2.28. The van der Waals surface area contributed by atoms with Crippen LogP contribution in [0.2, 0.25) is 0 Å². The largest absolute Gasteiger partial charge is 0.481 e. The van der Waals surface area contributed by atoms with Crippen molar-refractivity contribution < 1.29 is 14.6 Å². The van der Waals surface area contributed by atoms with E-state index in [1.807, 2.05) is 20.8 Å². The first-order valence-electron chi connectivity index (χ1n) is 5.21. The van der Waals surface area contributed by atoms with Gasteiger partial charge in [-0.2, -0.15) is 0 Å². The second kappa shape index (κ2) is 4.02. The van der Waals surface area contributed by atoms with Gasteiger partial charge in [-0.15, -0.1) is 11.3 Å². The Balaban J connectivity index is 2.34. The summed E-state index contributed by atoms with van der Waals surface area (Å²) in [6, 6.07) is 0. The highest BCUT2D eigenvalue weighted by molar-refractivity contribution is 7.12. The lowest BCUT2D eigenvalue weighted by molar-refractivity contribution is -0.0122. The minimum absolute atomic E-state index is 0.00623. The van der Waals surface area contributed by atoms with Crippen LogP contribution in [0, 0.1) is 13.8 Å². The van der Waals surface area contributed by atoms with Crippen LogP contribution < -0.4 is 9.47 Å². The molecule has 2 unspecified atom stereocenters. The fourth-order valence-electron chi connectivity index (χ4n) is 1.87. The van der Waals surface area contributed by atoms with Gasteiger partial charge >= 0.3 is 0 Å². The highest BCUT2D eigenvalue weighted by Gasteiger charge is 2.33. The van der Waals surface area contributed by atoms with Crippen LogP contribution in [0.5, 0.6) is 11.5 Å². The van der Waals surface area contributed by atoms with Gasteiger partial charge in [-0.25, -0.2) is 0 Å². The molecular weight excluding hydrogens is 212 g/mol. The molecule has 2 atom stereocenters. The van der Waals surface area contributed by atoms with E-state index in [0.717, 1.165) is 27.7 Å². The summed E-state index contributed by atoms with van der Waals surface area (Å²) in [5.41, 5.74) is 0. The molecule has 15 heavy (non-hydrogen) atoms. The van der Waals surface area contributed by atoms with Gasteiger partial charge in [0.2, 0.25) is 0 Å². The number of thiophene rings is 1. The molecule has 0 spiro atoms. The molecule has 2 rings (SSSR count). The third-order valence-electron chi connectivity index (χ3n) is 2.69. The highest BCUT2D eigenvalue weighted by Crippen LogP contribution is 2.45. The molecule has 0 fully saturated rings. The molecule has 1 N–H and O–H groups in total.